The van der Waals surface area contributed by atoms with Crippen molar-refractivity contribution in [2.45, 2.75) is 39.0 Å². The Kier molecular flexibility index (Phi) is 5.13. The molecular formula is C13H20ClN. The van der Waals surface area contributed by atoms with Crippen LogP contribution >= 0.6 is 11.6 Å². The molecule has 0 aliphatic carbocycles. The molecule has 2 N–H and O–H groups in total. The van der Waals surface area contributed by atoms with Gasteiger partial charge in [-0.25, -0.2) is 0 Å². The highest BCUT2D eigenvalue weighted by atomic mass is 35.5. The Morgan fingerprint density at radius 1 is 1.40 bits per heavy atom. The zero-order valence-corrected chi connectivity index (χ0v) is 10.3. The van der Waals surface area contributed by atoms with Crippen LogP contribution in [0.25, 0.3) is 0 Å². The van der Waals surface area contributed by atoms with Gasteiger partial charge in [0, 0.05) is 5.02 Å². The van der Waals surface area contributed by atoms with Crippen LogP contribution in [0.5, 0.6) is 0 Å². The summed E-state index contributed by atoms with van der Waals surface area (Å²) in [6, 6.07) is 6.24. The van der Waals surface area contributed by atoms with Gasteiger partial charge in [-0.3, -0.25) is 0 Å². The monoisotopic (exact) mass is 225 g/mol. The van der Waals surface area contributed by atoms with E-state index in [0.29, 0.717) is 12.5 Å². The van der Waals surface area contributed by atoms with E-state index in [-0.39, 0.29) is 0 Å². The maximum Gasteiger partial charge on any atom is 0.0443 e. The highest BCUT2D eigenvalue weighted by Crippen LogP contribution is 2.28. The first kappa shape index (κ1) is 12.5. The van der Waals surface area contributed by atoms with Crippen molar-refractivity contribution in [2.24, 2.45) is 5.73 Å². The largest absolute Gasteiger partial charge is 0.330 e. The second-order valence-corrected chi connectivity index (χ2v) is 4.51. The molecule has 0 heterocycles. The molecule has 0 aromatic heterocycles. The fraction of sp³-hybridized carbons (Fsp3) is 0.538. The van der Waals surface area contributed by atoms with Gasteiger partial charge in [-0.1, -0.05) is 43.5 Å². The molecule has 1 unspecified atom stereocenters. The summed E-state index contributed by atoms with van der Waals surface area (Å²) in [6.07, 6.45) is 3.56. The van der Waals surface area contributed by atoms with Gasteiger partial charge in [0.25, 0.3) is 0 Å². The molecule has 0 fully saturated rings. The lowest BCUT2D eigenvalue weighted by Crippen LogP contribution is -2.13. The summed E-state index contributed by atoms with van der Waals surface area (Å²) >= 11 is 6.23. The molecule has 0 amide bonds. The first-order chi connectivity index (χ1) is 7.19. The van der Waals surface area contributed by atoms with Crippen LogP contribution in [0.3, 0.4) is 0 Å². The SMILES string of the molecule is CCCCC(CN)c1ccc(C)cc1Cl. The van der Waals surface area contributed by atoms with E-state index in [1.807, 2.05) is 6.07 Å². The number of nitrogens with two attached hydrogens (primary N) is 1. The second-order valence-electron chi connectivity index (χ2n) is 4.10. The van der Waals surface area contributed by atoms with Gasteiger partial charge in [0.15, 0.2) is 0 Å². The molecule has 84 valence electrons. The first-order valence-corrected chi connectivity index (χ1v) is 6.03. The molecule has 0 bridgehead atoms. The van der Waals surface area contributed by atoms with Crippen molar-refractivity contribution in [3.8, 4) is 0 Å². The van der Waals surface area contributed by atoms with Crippen LogP contribution in [0.2, 0.25) is 5.02 Å². The highest BCUT2D eigenvalue weighted by molar-refractivity contribution is 6.31. The molecule has 1 atom stereocenters. The number of rotatable bonds is 5. The number of halogens is 1. The molecule has 0 saturated heterocycles. The average molecular weight is 226 g/mol. The summed E-state index contributed by atoms with van der Waals surface area (Å²) in [5, 5.41) is 0.863. The van der Waals surface area contributed by atoms with Gasteiger partial charge in [-0.2, -0.15) is 0 Å². The van der Waals surface area contributed by atoms with Crippen LogP contribution in [-0.4, -0.2) is 6.54 Å². The molecule has 15 heavy (non-hydrogen) atoms. The van der Waals surface area contributed by atoms with E-state index in [2.05, 4.69) is 26.0 Å². The summed E-state index contributed by atoms with van der Waals surface area (Å²) in [5.41, 5.74) is 8.20. The third kappa shape index (κ3) is 3.51. The zero-order valence-electron chi connectivity index (χ0n) is 9.59. The van der Waals surface area contributed by atoms with Crippen molar-refractivity contribution in [3.05, 3.63) is 34.3 Å². The van der Waals surface area contributed by atoms with E-state index in [1.54, 1.807) is 0 Å². The van der Waals surface area contributed by atoms with Crippen LogP contribution in [-0.2, 0) is 0 Å². The van der Waals surface area contributed by atoms with E-state index in [1.165, 1.54) is 24.0 Å². The number of hydrogen-bond acceptors (Lipinski definition) is 1. The van der Waals surface area contributed by atoms with Gasteiger partial charge in [-0.05, 0) is 43.0 Å². The van der Waals surface area contributed by atoms with Crippen molar-refractivity contribution in [2.75, 3.05) is 6.54 Å². The normalized spacial score (nSPS) is 12.8. The molecule has 1 rings (SSSR count). The van der Waals surface area contributed by atoms with Gasteiger partial charge in [0.1, 0.15) is 0 Å². The summed E-state index contributed by atoms with van der Waals surface area (Å²) in [4.78, 5) is 0. The standard InChI is InChI=1S/C13H20ClN/c1-3-4-5-11(9-15)12-7-6-10(2)8-13(12)14/h6-8,11H,3-5,9,15H2,1-2H3. The smallest absolute Gasteiger partial charge is 0.0443 e. The maximum atomic E-state index is 6.23. The Hall–Kier alpha value is -0.530. The molecule has 0 spiro atoms. The minimum atomic E-state index is 0.415. The quantitative estimate of drug-likeness (QED) is 0.809. The van der Waals surface area contributed by atoms with Crippen LogP contribution in [0, 0.1) is 6.92 Å². The predicted octanol–water partition coefficient (Wildman–Crippen LogP) is 3.88. The fourth-order valence-electron chi connectivity index (χ4n) is 1.81. The Morgan fingerprint density at radius 2 is 2.13 bits per heavy atom. The van der Waals surface area contributed by atoms with E-state index >= 15 is 0 Å². The van der Waals surface area contributed by atoms with Crippen molar-refractivity contribution >= 4 is 11.6 Å². The lowest BCUT2D eigenvalue weighted by Gasteiger charge is -2.16. The van der Waals surface area contributed by atoms with Crippen LogP contribution in [0.4, 0.5) is 0 Å². The molecule has 0 radical (unpaired) electrons. The number of aryl methyl sites for hydroxylation is 1. The summed E-state index contributed by atoms with van der Waals surface area (Å²) in [5.74, 6) is 0.415. The zero-order chi connectivity index (χ0) is 11.3. The third-order valence-electron chi connectivity index (χ3n) is 2.79. The number of unbranched alkanes of at least 4 members (excludes halogenated alkanes) is 1. The maximum absolute atomic E-state index is 6.23. The average Bonchev–Trinajstić information content (AvgIpc) is 2.21. The number of benzene rings is 1. The fourth-order valence-corrected chi connectivity index (χ4v) is 2.20. The number of hydrogen-bond donors (Lipinski definition) is 1. The highest BCUT2D eigenvalue weighted by Gasteiger charge is 2.12. The molecule has 0 saturated carbocycles. The van der Waals surface area contributed by atoms with Crippen LogP contribution in [0.1, 0.15) is 43.2 Å². The molecule has 1 nitrogen and oxygen atoms in total. The van der Waals surface area contributed by atoms with Crippen molar-refractivity contribution in [3.63, 3.8) is 0 Å². The van der Waals surface area contributed by atoms with E-state index in [9.17, 15) is 0 Å². The lowest BCUT2D eigenvalue weighted by molar-refractivity contribution is 0.592. The minimum absolute atomic E-state index is 0.415. The molecule has 1 aromatic carbocycles. The van der Waals surface area contributed by atoms with Crippen LogP contribution < -0.4 is 5.73 Å². The minimum Gasteiger partial charge on any atom is -0.330 e. The van der Waals surface area contributed by atoms with E-state index in [4.69, 9.17) is 17.3 Å². The van der Waals surface area contributed by atoms with Crippen molar-refractivity contribution in [1.82, 2.24) is 0 Å². The molecule has 1 aromatic rings. The van der Waals surface area contributed by atoms with E-state index in [0.717, 1.165) is 11.4 Å². The van der Waals surface area contributed by atoms with Gasteiger partial charge in [0.05, 0.1) is 0 Å². The molecule has 2 heteroatoms. The Morgan fingerprint density at radius 3 is 2.67 bits per heavy atom. The summed E-state index contributed by atoms with van der Waals surface area (Å²) in [6.45, 7) is 4.94. The second kappa shape index (κ2) is 6.14. The molecular weight excluding hydrogens is 206 g/mol. The van der Waals surface area contributed by atoms with Gasteiger partial charge in [0.2, 0.25) is 0 Å². The Labute approximate surface area is 97.6 Å². The predicted molar refractivity (Wildman–Crippen MR) is 67.5 cm³/mol. The van der Waals surface area contributed by atoms with E-state index < -0.39 is 0 Å². The van der Waals surface area contributed by atoms with Crippen molar-refractivity contribution in [1.29, 1.82) is 0 Å². The van der Waals surface area contributed by atoms with Gasteiger partial charge >= 0.3 is 0 Å². The molecule has 0 aliphatic heterocycles. The Balaban J connectivity index is 2.81. The van der Waals surface area contributed by atoms with Crippen molar-refractivity contribution < 1.29 is 0 Å². The van der Waals surface area contributed by atoms with Gasteiger partial charge in [-0.15, -0.1) is 0 Å². The molecule has 0 aliphatic rings. The third-order valence-corrected chi connectivity index (χ3v) is 3.11. The topological polar surface area (TPSA) is 26.0 Å². The lowest BCUT2D eigenvalue weighted by atomic mass is 9.93. The van der Waals surface area contributed by atoms with Crippen LogP contribution in [0.15, 0.2) is 18.2 Å². The van der Waals surface area contributed by atoms with Gasteiger partial charge < -0.3 is 5.73 Å². The summed E-state index contributed by atoms with van der Waals surface area (Å²) < 4.78 is 0. The first-order valence-electron chi connectivity index (χ1n) is 5.65. The summed E-state index contributed by atoms with van der Waals surface area (Å²) in [7, 11) is 0. The Bertz CT molecular complexity index is 309.